The van der Waals surface area contributed by atoms with E-state index >= 15 is 0 Å². The molecule has 1 aliphatic rings. The summed E-state index contributed by atoms with van der Waals surface area (Å²) in [6.45, 7) is 13.1. The van der Waals surface area contributed by atoms with Crippen LogP contribution in [0.5, 0.6) is 0 Å². The van der Waals surface area contributed by atoms with Crippen molar-refractivity contribution in [3.8, 4) is 17.9 Å². The number of nitrogens with zero attached hydrogens (tertiary/aromatic N) is 2. The summed E-state index contributed by atoms with van der Waals surface area (Å²) in [5.41, 5.74) is -0.602. The lowest BCUT2D eigenvalue weighted by atomic mass is 9.75. The summed E-state index contributed by atoms with van der Waals surface area (Å²) in [4.78, 5) is 4.62. The molecule has 1 fully saturated rings. The second-order valence-electron chi connectivity index (χ2n) is 6.76. The largest absolute Gasteiger partial charge is 0.356 e. The summed E-state index contributed by atoms with van der Waals surface area (Å²) in [5.74, 6) is 7.12. The van der Waals surface area contributed by atoms with Gasteiger partial charge in [-0.15, -0.1) is 5.92 Å². The molecule has 19 heavy (non-hydrogen) atoms. The van der Waals surface area contributed by atoms with E-state index in [0.717, 1.165) is 25.2 Å². The zero-order valence-electron chi connectivity index (χ0n) is 13.0. The van der Waals surface area contributed by atoms with Crippen molar-refractivity contribution in [1.29, 1.82) is 5.26 Å². The highest BCUT2D eigenvalue weighted by molar-refractivity contribution is 5.87. The number of hydrogen-bond acceptors (Lipinski definition) is 2. The average Bonchev–Trinajstić information content (AvgIpc) is 2.49. The Morgan fingerprint density at radius 3 is 2.47 bits per heavy atom. The predicted octanol–water partition coefficient (Wildman–Crippen LogP) is 3.13. The molecule has 0 amide bonds. The van der Waals surface area contributed by atoms with E-state index in [9.17, 15) is 5.26 Å². The first kappa shape index (κ1) is 15.6. The van der Waals surface area contributed by atoms with Gasteiger partial charge >= 0.3 is 0 Å². The topological polar surface area (TPSA) is 48.2 Å². The van der Waals surface area contributed by atoms with Gasteiger partial charge in [-0.3, -0.25) is 4.99 Å². The third-order valence-electron chi connectivity index (χ3n) is 4.08. The van der Waals surface area contributed by atoms with Crippen LogP contribution in [0.25, 0.3) is 0 Å². The highest BCUT2D eigenvalue weighted by atomic mass is 15.1. The zero-order valence-corrected chi connectivity index (χ0v) is 13.0. The second-order valence-corrected chi connectivity index (χ2v) is 6.76. The number of rotatable bonds is 3. The highest BCUT2D eigenvalue weighted by Gasteiger charge is 2.48. The fourth-order valence-electron chi connectivity index (χ4n) is 2.24. The van der Waals surface area contributed by atoms with Crippen molar-refractivity contribution in [2.75, 3.05) is 6.54 Å². The molecule has 0 aromatic rings. The van der Waals surface area contributed by atoms with Crippen molar-refractivity contribution in [2.45, 2.75) is 59.9 Å². The van der Waals surface area contributed by atoms with Crippen molar-refractivity contribution in [3.05, 3.63) is 0 Å². The van der Waals surface area contributed by atoms with Gasteiger partial charge in [-0.1, -0.05) is 19.8 Å². The minimum Gasteiger partial charge on any atom is -0.356 e. The Kier molecular flexibility index (Phi) is 4.31. The molecular formula is C16H25N3. The van der Waals surface area contributed by atoms with Crippen LogP contribution in [0, 0.1) is 34.0 Å². The van der Waals surface area contributed by atoms with Gasteiger partial charge in [0.05, 0.1) is 11.9 Å². The monoisotopic (exact) mass is 259 g/mol. The molecule has 104 valence electrons. The maximum Gasteiger partial charge on any atom is 0.128 e. The normalized spacial score (nSPS) is 27.3. The first-order valence-corrected chi connectivity index (χ1v) is 6.82. The maximum absolute atomic E-state index is 9.32. The van der Waals surface area contributed by atoms with Crippen LogP contribution in [0.2, 0.25) is 0 Å². The van der Waals surface area contributed by atoms with Gasteiger partial charge in [0, 0.05) is 23.8 Å². The van der Waals surface area contributed by atoms with Gasteiger partial charge in [-0.2, -0.15) is 5.26 Å². The molecule has 1 atom stereocenters. The van der Waals surface area contributed by atoms with Crippen molar-refractivity contribution in [2.24, 2.45) is 15.8 Å². The van der Waals surface area contributed by atoms with Gasteiger partial charge in [0.25, 0.3) is 0 Å². The molecule has 3 nitrogen and oxygen atoms in total. The second kappa shape index (κ2) is 5.25. The minimum atomic E-state index is -0.523. The third-order valence-corrected chi connectivity index (χ3v) is 4.08. The van der Waals surface area contributed by atoms with Crippen LogP contribution >= 0.6 is 0 Å². The fraction of sp³-hybridized carbons (Fsp3) is 0.750. The Balaban J connectivity index is 2.68. The lowest BCUT2D eigenvalue weighted by molar-refractivity contribution is 0.264. The summed E-state index contributed by atoms with van der Waals surface area (Å²) >= 11 is 0. The maximum atomic E-state index is 9.32. The van der Waals surface area contributed by atoms with Crippen molar-refractivity contribution in [1.82, 2.24) is 5.32 Å². The average molecular weight is 259 g/mol. The molecule has 1 aliphatic heterocycles. The summed E-state index contributed by atoms with van der Waals surface area (Å²) in [7, 11) is 0. The van der Waals surface area contributed by atoms with E-state index in [1.54, 1.807) is 0 Å². The molecule has 0 aromatic carbocycles. The van der Waals surface area contributed by atoms with Gasteiger partial charge in [-0.25, -0.2) is 0 Å². The van der Waals surface area contributed by atoms with Gasteiger partial charge in [-0.05, 0) is 34.1 Å². The van der Waals surface area contributed by atoms with Crippen molar-refractivity contribution in [3.63, 3.8) is 0 Å². The molecular weight excluding hydrogens is 234 g/mol. The lowest BCUT2D eigenvalue weighted by Gasteiger charge is -2.30. The molecule has 0 spiro atoms. The molecule has 0 saturated carbocycles. The van der Waals surface area contributed by atoms with Crippen molar-refractivity contribution < 1.29 is 0 Å². The van der Waals surface area contributed by atoms with E-state index in [0.29, 0.717) is 0 Å². The minimum absolute atomic E-state index is 0.00542. The molecule has 3 heteroatoms. The van der Waals surface area contributed by atoms with Crippen LogP contribution in [-0.2, 0) is 0 Å². The quantitative estimate of drug-likeness (QED) is 0.792. The van der Waals surface area contributed by atoms with E-state index in [4.69, 9.17) is 0 Å². The standard InChI is InChI=1S/C16H25N3/c1-7-8-14(2,3)9-10-18-13-11-15(4,5)16(6,12-17)19-13/h9-11H2,1-6H3,(H,18,19). The molecule has 0 aliphatic carbocycles. The van der Waals surface area contributed by atoms with E-state index in [2.05, 4.69) is 55.9 Å². The van der Waals surface area contributed by atoms with E-state index < -0.39 is 5.54 Å². The summed E-state index contributed by atoms with van der Waals surface area (Å²) in [5, 5.41) is 12.6. The molecule has 1 saturated heterocycles. The molecule has 0 radical (unpaired) electrons. The Morgan fingerprint density at radius 2 is 2.00 bits per heavy atom. The van der Waals surface area contributed by atoms with Gasteiger partial charge in [0.15, 0.2) is 0 Å². The first-order valence-electron chi connectivity index (χ1n) is 6.82. The molecule has 1 heterocycles. The van der Waals surface area contributed by atoms with Crippen LogP contribution in [-0.4, -0.2) is 17.9 Å². The number of aliphatic imine (C=N–C) groups is 1. The Bertz CT molecular complexity index is 468. The van der Waals surface area contributed by atoms with Crippen LogP contribution in [0.1, 0.15) is 54.4 Å². The first-order chi connectivity index (χ1) is 8.66. The summed E-state index contributed by atoms with van der Waals surface area (Å²) in [6.07, 6.45) is 1.76. The fourth-order valence-corrected chi connectivity index (χ4v) is 2.24. The zero-order chi connectivity index (χ0) is 14.7. The van der Waals surface area contributed by atoms with E-state index in [1.807, 2.05) is 13.8 Å². The van der Waals surface area contributed by atoms with Gasteiger partial charge in [0.1, 0.15) is 5.54 Å². The van der Waals surface area contributed by atoms with E-state index in [-0.39, 0.29) is 10.8 Å². The lowest BCUT2D eigenvalue weighted by Crippen LogP contribution is -2.45. The van der Waals surface area contributed by atoms with Crippen molar-refractivity contribution >= 4 is 5.84 Å². The van der Waals surface area contributed by atoms with E-state index in [1.165, 1.54) is 0 Å². The molecule has 0 aromatic heterocycles. The van der Waals surface area contributed by atoms with Crippen LogP contribution in [0.15, 0.2) is 4.99 Å². The van der Waals surface area contributed by atoms with Crippen LogP contribution in [0.4, 0.5) is 0 Å². The number of nitriles is 1. The van der Waals surface area contributed by atoms with Gasteiger partial charge < -0.3 is 5.32 Å². The Morgan fingerprint density at radius 1 is 1.37 bits per heavy atom. The molecule has 1 N–H and O–H groups in total. The SMILES string of the molecule is CC#CC(C)(C)CCN=C1CC(C)(C)C(C)(C#N)N1. The number of nitrogens with one attached hydrogen (secondary N) is 1. The molecule has 1 rings (SSSR count). The highest BCUT2D eigenvalue weighted by Crippen LogP contribution is 2.39. The smallest absolute Gasteiger partial charge is 0.128 e. The predicted molar refractivity (Wildman–Crippen MR) is 79.7 cm³/mol. The van der Waals surface area contributed by atoms with Gasteiger partial charge in [0.2, 0.25) is 0 Å². The molecule has 0 bridgehead atoms. The number of amidine groups is 1. The van der Waals surface area contributed by atoms with Crippen LogP contribution in [0.3, 0.4) is 0 Å². The van der Waals surface area contributed by atoms with Crippen LogP contribution < -0.4 is 5.32 Å². The number of hydrogen-bond donors (Lipinski definition) is 1. The molecule has 1 unspecified atom stereocenters. The Hall–Kier alpha value is -1.48. The summed E-state index contributed by atoms with van der Waals surface area (Å²) in [6, 6.07) is 2.37. The Labute approximate surface area is 117 Å². The summed E-state index contributed by atoms with van der Waals surface area (Å²) < 4.78 is 0. The third kappa shape index (κ3) is 3.51.